The molecule has 0 saturated carbocycles. The van der Waals surface area contributed by atoms with Crippen LogP contribution in [0.4, 0.5) is 17.2 Å². The first kappa shape index (κ1) is 23.5. The summed E-state index contributed by atoms with van der Waals surface area (Å²) in [4.78, 5) is 38.0. The van der Waals surface area contributed by atoms with Crippen LogP contribution in [0.25, 0.3) is 10.9 Å². The molecule has 4 rings (SSSR count). The van der Waals surface area contributed by atoms with Crippen molar-refractivity contribution in [3.05, 3.63) is 52.4 Å². The predicted octanol–water partition coefficient (Wildman–Crippen LogP) is 1.99. The monoisotopic (exact) mass is 466 g/mol. The van der Waals surface area contributed by atoms with Crippen LogP contribution in [0.1, 0.15) is 10.5 Å². The number of pyridine rings is 2. The Balaban J connectivity index is 1.62. The largest absolute Gasteiger partial charge is 0.496 e. The molecule has 0 spiro atoms. The number of fused-ring (bicyclic) bond motifs is 1. The van der Waals surface area contributed by atoms with E-state index in [9.17, 15) is 9.59 Å². The molecule has 1 fully saturated rings. The Bertz CT molecular complexity index is 1200. The predicted molar refractivity (Wildman–Crippen MR) is 133 cm³/mol. The second-order valence-electron chi connectivity index (χ2n) is 8.18. The van der Waals surface area contributed by atoms with E-state index in [4.69, 9.17) is 9.47 Å². The molecule has 10 nitrogen and oxygen atoms in total. The summed E-state index contributed by atoms with van der Waals surface area (Å²) >= 11 is 0. The van der Waals surface area contributed by atoms with Crippen LogP contribution in [0.15, 0.2) is 41.3 Å². The van der Waals surface area contributed by atoms with Gasteiger partial charge in [0, 0.05) is 45.9 Å². The Morgan fingerprint density at radius 3 is 2.62 bits per heavy atom. The van der Waals surface area contributed by atoms with Crippen molar-refractivity contribution in [3.63, 3.8) is 0 Å². The standard InChI is InChI=1S/C24H30N6O4/c1-29-9-11-30(12-10-29)18-5-6-20(34-3)22-19(31)14-17(28-23(18)22)24(32)27-16-4-7-21(26-15-16)25-8-13-33-2/h4-7,14-15H,8-13H2,1-3H3,(H,25,26)(H,27,32)(H,28,31). The number of carbonyl (C=O) groups is 1. The average Bonchev–Trinajstić information content (AvgIpc) is 2.85. The summed E-state index contributed by atoms with van der Waals surface area (Å²) in [6.07, 6.45) is 1.56. The molecule has 1 aliphatic rings. The van der Waals surface area contributed by atoms with Crippen LogP contribution < -0.4 is 25.7 Å². The van der Waals surface area contributed by atoms with Crippen molar-refractivity contribution in [3.8, 4) is 5.75 Å². The van der Waals surface area contributed by atoms with E-state index in [-0.39, 0.29) is 11.1 Å². The minimum Gasteiger partial charge on any atom is -0.496 e. The fourth-order valence-electron chi connectivity index (χ4n) is 3.97. The quantitative estimate of drug-likeness (QED) is 0.432. The molecule has 3 heterocycles. The molecule has 0 bridgehead atoms. The van der Waals surface area contributed by atoms with Gasteiger partial charge < -0.3 is 34.9 Å². The van der Waals surface area contributed by atoms with Gasteiger partial charge in [-0.3, -0.25) is 9.59 Å². The van der Waals surface area contributed by atoms with Crippen LogP contribution in [0.2, 0.25) is 0 Å². The number of anilines is 3. The van der Waals surface area contributed by atoms with Gasteiger partial charge in [0.2, 0.25) is 0 Å². The third-order valence-electron chi connectivity index (χ3n) is 5.87. The molecule has 34 heavy (non-hydrogen) atoms. The summed E-state index contributed by atoms with van der Waals surface area (Å²) < 4.78 is 10.4. The highest BCUT2D eigenvalue weighted by Gasteiger charge is 2.21. The number of aromatic nitrogens is 2. The fourth-order valence-corrected chi connectivity index (χ4v) is 3.97. The van der Waals surface area contributed by atoms with Gasteiger partial charge in [-0.25, -0.2) is 4.98 Å². The number of ether oxygens (including phenoxy) is 2. The van der Waals surface area contributed by atoms with Gasteiger partial charge in [0.25, 0.3) is 5.91 Å². The molecule has 1 saturated heterocycles. The zero-order valence-electron chi connectivity index (χ0n) is 19.7. The Morgan fingerprint density at radius 2 is 1.94 bits per heavy atom. The van der Waals surface area contributed by atoms with Gasteiger partial charge in [-0.2, -0.15) is 0 Å². The number of amides is 1. The lowest BCUT2D eigenvalue weighted by Gasteiger charge is -2.34. The molecular weight excluding hydrogens is 436 g/mol. The average molecular weight is 467 g/mol. The van der Waals surface area contributed by atoms with Gasteiger partial charge in [-0.05, 0) is 31.3 Å². The van der Waals surface area contributed by atoms with Gasteiger partial charge in [-0.15, -0.1) is 0 Å². The van der Waals surface area contributed by atoms with Crippen LogP contribution in [-0.2, 0) is 4.74 Å². The Kier molecular flexibility index (Phi) is 7.29. The number of hydrogen-bond donors (Lipinski definition) is 3. The van der Waals surface area contributed by atoms with Crippen molar-refractivity contribution >= 4 is 34.0 Å². The van der Waals surface area contributed by atoms with E-state index >= 15 is 0 Å². The van der Waals surface area contributed by atoms with E-state index < -0.39 is 5.91 Å². The maximum Gasteiger partial charge on any atom is 0.272 e. The summed E-state index contributed by atoms with van der Waals surface area (Å²) in [6, 6.07) is 8.56. The molecule has 10 heteroatoms. The van der Waals surface area contributed by atoms with Crippen LogP contribution >= 0.6 is 0 Å². The number of methoxy groups -OCH3 is 2. The van der Waals surface area contributed by atoms with Gasteiger partial charge in [0.15, 0.2) is 5.43 Å². The van der Waals surface area contributed by atoms with Gasteiger partial charge >= 0.3 is 0 Å². The van der Waals surface area contributed by atoms with Crippen LogP contribution in [0.5, 0.6) is 5.75 Å². The zero-order chi connectivity index (χ0) is 24.1. The van der Waals surface area contributed by atoms with Crippen molar-refractivity contribution in [2.45, 2.75) is 0 Å². The SMILES string of the molecule is COCCNc1ccc(NC(=O)c2cc(=O)c3c(OC)ccc(N4CCN(C)CC4)c3[nH]2)cn1. The second kappa shape index (κ2) is 10.5. The van der Waals surface area contributed by atoms with Crippen LogP contribution in [-0.4, -0.2) is 81.4 Å². The maximum absolute atomic E-state index is 13.1. The summed E-state index contributed by atoms with van der Waals surface area (Å²) in [7, 11) is 5.26. The minimum atomic E-state index is -0.423. The third kappa shape index (κ3) is 5.13. The van der Waals surface area contributed by atoms with E-state index in [2.05, 4.69) is 37.4 Å². The van der Waals surface area contributed by atoms with E-state index in [0.29, 0.717) is 41.3 Å². The molecule has 180 valence electrons. The number of carbonyl (C=O) groups excluding carboxylic acids is 1. The fraction of sp³-hybridized carbons (Fsp3) is 0.375. The lowest BCUT2D eigenvalue weighted by Crippen LogP contribution is -2.44. The molecule has 0 aliphatic carbocycles. The van der Waals surface area contributed by atoms with Crippen LogP contribution in [0.3, 0.4) is 0 Å². The summed E-state index contributed by atoms with van der Waals surface area (Å²) in [6.45, 7) is 4.69. The molecular formula is C24H30N6O4. The minimum absolute atomic E-state index is 0.170. The molecule has 3 aromatic rings. The number of nitrogens with zero attached hydrogens (tertiary/aromatic N) is 3. The van der Waals surface area contributed by atoms with E-state index in [0.717, 1.165) is 31.9 Å². The first-order valence-corrected chi connectivity index (χ1v) is 11.2. The molecule has 2 aromatic heterocycles. The van der Waals surface area contributed by atoms with E-state index in [1.54, 1.807) is 31.5 Å². The number of aromatic amines is 1. The first-order valence-electron chi connectivity index (χ1n) is 11.2. The topological polar surface area (TPSA) is 112 Å². The smallest absolute Gasteiger partial charge is 0.272 e. The summed E-state index contributed by atoms with van der Waals surface area (Å²) in [5.41, 5.74) is 1.89. The van der Waals surface area contributed by atoms with Crippen molar-refractivity contribution in [1.29, 1.82) is 0 Å². The summed E-state index contributed by atoms with van der Waals surface area (Å²) in [5, 5.41) is 6.36. The third-order valence-corrected chi connectivity index (χ3v) is 5.87. The Labute approximate surface area is 197 Å². The molecule has 0 atom stereocenters. The van der Waals surface area contributed by atoms with Gasteiger partial charge in [-0.1, -0.05) is 0 Å². The number of benzene rings is 1. The van der Waals surface area contributed by atoms with Crippen LogP contribution in [0, 0.1) is 0 Å². The molecule has 3 N–H and O–H groups in total. The zero-order valence-corrected chi connectivity index (χ0v) is 19.7. The number of likely N-dealkylation sites (N-methyl/N-ethyl adjacent to an activating group) is 1. The number of rotatable bonds is 8. The molecule has 1 aliphatic heterocycles. The van der Waals surface area contributed by atoms with Crippen molar-refractivity contribution < 1.29 is 14.3 Å². The molecule has 0 unspecified atom stereocenters. The van der Waals surface area contributed by atoms with Crippen molar-refractivity contribution in [1.82, 2.24) is 14.9 Å². The number of nitrogens with one attached hydrogen (secondary N) is 3. The lowest BCUT2D eigenvalue weighted by atomic mass is 10.1. The second-order valence-corrected chi connectivity index (χ2v) is 8.18. The van der Waals surface area contributed by atoms with Crippen molar-refractivity contribution in [2.24, 2.45) is 0 Å². The van der Waals surface area contributed by atoms with Crippen molar-refractivity contribution in [2.75, 3.05) is 76.1 Å². The highest BCUT2D eigenvalue weighted by Crippen LogP contribution is 2.31. The molecule has 1 amide bonds. The van der Waals surface area contributed by atoms with Gasteiger partial charge in [0.1, 0.15) is 17.3 Å². The Hall–Kier alpha value is -3.63. The molecule has 1 aromatic carbocycles. The summed E-state index contributed by atoms with van der Waals surface area (Å²) in [5.74, 6) is 0.730. The Morgan fingerprint density at radius 1 is 1.15 bits per heavy atom. The molecule has 0 radical (unpaired) electrons. The highest BCUT2D eigenvalue weighted by atomic mass is 16.5. The number of H-pyrrole nitrogens is 1. The number of hydrogen-bond acceptors (Lipinski definition) is 8. The normalized spacial score (nSPS) is 14.3. The first-order chi connectivity index (χ1) is 16.5. The van der Waals surface area contributed by atoms with E-state index in [1.165, 1.54) is 13.2 Å². The number of piperazine rings is 1. The van der Waals surface area contributed by atoms with E-state index in [1.807, 2.05) is 6.07 Å². The lowest BCUT2D eigenvalue weighted by molar-refractivity contribution is 0.102. The highest BCUT2D eigenvalue weighted by molar-refractivity contribution is 6.05. The van der Waals surface area contributed by atoms with Gasteiger partial charge in [0.05, 0.1) is 42.2 Å². The maximum atomic E-state index is 13.1.